The molecule has 4 nitrogen and oxygen atoms in total. The van der Waals surface area contributed by atoms with Crippen molar-refractivity contribution >= 4 is 28.8 Å². The highest BCUT2D eigenvalue weighted by molar-refractivity contribution is 6.31. The first-order valence-electron chi connectivity index (χ1n) is 5.60. The molecule has 0 bridgehead atoms. The van der Waals surface area contributed by atoms with Crippen LogP contribution in [0, 0.1) is 11.3 Å². The third-order valence-corrected chi connectivity index (χ3v) is 2.75. The molecule has 1 aromatic carbocycles. The molecule has 0 unspecified atom stereocenters. The van der Waals surface area contributed by atoms with Gasteiger partial charge in [-0.1, -0.05) is 11.6 Å². The minimum absolute atomic E-state index is 0.0699. The smallest absolute Gasteiger partial charge is 0.396 e. The molecule has 0 aliphatic rings. The molecule has 0 saturated carbocycles. The van der Waals surface area contributed by atoms with Crippen LogP contribution in [0.2, 0.25) is 5.02 Å². The maximum absolute atomic E-state index is 12.7. The van der Waals surface area contributed by atoms with Gasteiger partial charge in [0.25, 0.3) is 0 Å². The van der Waals surface area contributed by atoms with E-state index in [-0.39, 0.29) is 27.8 Å². The zero-order valence-electron chi connectivity index (χ0n) is 10.4. The Morgan fingerprint density at radius 3 is 2.52 bits per heavy atom. The summed E-state index contributed by atoms with van der Waals surface area (Å²) in [6.45, 7) is 0. The summed E-state index contributed by atoms with van der Waals surface area (Å²) in [5.41, 5.74) is 5.28. The van der Waals surface area contributed by atoms with Gasteiger partial charge in [-0.3, -0.25) is 0 Å². The van der Waals surface area contributed by atoms with Crippen molar-refractivity contribution in [3.8, 4) is 6.07 Å². The first kappa shape index (κ1) is 14.9. The molecule has 1 aromatic heterocycles. The maximum Gasteiger partial charge on any atom is 0.416 e. The van der Waals surface area contributed by atoms with Crippen molar-refractivity contribution in [2.45, 2.75) is 6.18 Å². The Morgan fingerprint density at radius 1 is 1.24 bits per heavy atom. The molecule has 0 spiro atoms. The summed E-state index contributed by atoms with van der Waals surface area (Å²) in [4.78, 5) is 3.88. The molecule has 3 N–H and O–H groups in total. The number of halogens is 4. The van der Waals surface area contributed by atoms with Gasteiger partial charge in [-0.15, -0.1) is 0 Å². The van der Waals surface area contributed by atoms with Gasteiger partial charge in [-0.2, -0.15) is 18.4 Å². The van der Waals surface area contributed by atoms with Crippen LogP contribution in [0.25, 0.3) is 0 Å². The number of alkyl halides is 3. The molecule has 0 amide bonds. The monoisotopic (exact) mass is 312 g/mol. The third kappa shape index (κ3) is 3.55. The summed E-state index contributed by atoms with van der Waals surface area (Å²) in [5.74, 6) is 0.143. The van der Waals surface area contributed by atoms with E-state index in [0.717, 1.165) is 12.1 Å². The van der Waals surface area contributed by atoms with E-state index in [0.29, 0.717) is 0 Å². The number of nitriles is 1. The van der Waals surface area contributed by atoms with Crippen LogP contribution in [0.3, 0.4) is 0 Å². The van der Waals surface area contributed by atoms with Gasteiger partial charge in [0.1, 0.15) is 6.07 Å². The predicted octanol–water partition coefficient (Wildman–Crippen LogP) is 3.95. The van der Waals surface area contributed by atoms with Gasteiger partial charge in [0, 0.05) is 16.9 Å². The highest BCUT2D eigenvalue weighted by Gasteiger charge is 2.31. The molecule has 0 radical (unpaired) electrons. The second-order valence-corrected chi connectivity index (χ2v) is 4.56. The van der Waals surface area contributed by atoms with Gasteiger partial charge in [-0.05, 0) is 24.3 Å². The molecule has 0 fully saturated rings. The maximum atomic E-state index is 12.7. The van der Waals surface area contributed by atoms with Crippen LogP contribution in [0.4, 0.5) is 30.4 Å². The van der Waals surface area contributed by atoms with E-state index in [1.165, 1.54) is 18.3 Å². The minimum Gasteiger partial charge on any atom is -0.396 e. The number of nitrogen functional groups attached to an aromatic ring is 1. The quantitative estimate of drug-likeness (QED) is 0.880. The molecule has 108 valence electrons. The van der Waals surface area contributed by atoms with E-state index in [1.54, 1.807) is 0 Å². The molecule has 1 heterocycles. The number of hydrogen-bond acceptors (Lipinski definition) is 4. The average molecular weight is 313 g/mol. The largest absolute Gasteiger partial charge is 0.416 e. The van der Waals surface area contributed by atoms with E-state index in [9.17, 15) is 13.2 Å². The van der Waals surface area contributed by atoms with Crippen molar-refractivity contribution in [1.82, 2.24) is 4.98 Å². The number of aromatic nitrogens is 1. The first-order chi connectivity index (χ1) is 9.79. The number of nitrogens with zero attached hydrogens (tertiary/aromatic N) is 2. The second-order valence-electron chi connectivity index (χ2n) is 4.12. The van der Waals surface area contributed by atoms with Crippen LogP contribution >= 0.6 is 11.6 Å². The molecule has 21 heavy (non-hydrogen) atoms. The number of hydrogen-bond donors (Lipinski definition) is 2. The van der Waals surface area contributed by atoms with E-state index in [4.69, 9.17) is 22.6 Å². The first-order valence-corrected chi connectivity index (χ1v) is 5.98. The number of nitrogens with two attached hydrogens (primary N) is 1. The Bertz CT molecular complexity index is 722. The molecule has 0 aliphatic heterocycles. The van der Waals surface area contributed by atoms with E-state index < -0.39 is 11.7 Å². The lowest BCUT2D eigenvalue weighted by Crippen LogP contribution is -2.06. The number of anilines is 3. The van der Waals surface area contributed by atoms with Crippen molar-refractivity contribution < 1.29 is 13.2 Å². The Balaban J connectivity index is 2.36. The number of benzene rings is 1. The molecule has 0 atom stereocenters. The van der Waals surface area contributed by atoms with Crippen molar-refractivity contribution in [1.29, 1.82) is 5.26 Å². The fourth-order valence-electron chi connectivity index (χ4n) is 1.61. The van der Waals surface area contributed by atoms with Crippen LogP contribution < -0.4 is 11.1 Å². The summed E-state index contributed by atoms with van der Waals surface area (Å²) in [7, 11) is 0. The van der Waals surface area contributed by atoms with Gasteiger partial charge in [0.2, 0.25) is 0 Å². The lowest BCUT2D eigenvalue weighted by atomic mass is 10.2. The third-order valence-electron chi connectivity index (χ3n) is 2.53. The van der Waals surface area contributed by atoms with Gasteiger partial charge >= 0.3 is 6.18 Å². The van der Waals surface area contributed by atoms with Crippen molar-refractivity contribution in [2.75, 3.05) is 11.1 Å². The van der Waals surface area contributed by atoms with Gasteiger partial charge < -0.3 is 11.1 Å². The van der Waals surface area contributed by atoms with Crippen molar-refractivity contribution in [2.24, 2.45) is 0 Å². The van der Waals surface area contributed by atoms with Gasteiger partial charge in [-0.25, -0.2) is 4.98 Å². The summed E-state index contributed by atoms with van der Waals surface area (Å²) in [6.07, 6.45) is -3.25. The molecular formula is C13H8ClF3N4. The van der Waals surface area contributed by atoms with Crippen LogP contribution in [-0.2, 0) is 6.18 Å². The molecule has 8 heteroatoms. The minimum atomic E-state index is -4.51. The molecule has 2 aromatic rings. The average Bonchev–Trinajstić information content (AvgIpc) is 2.39. The Kier molecular flexibility index (Phi) is 3.91. The predicted molar refractivity (Wildman–Crippen MR) is 73.1 cm³/mol. The van der Waals surface area contributed by atoms with Crippen LogP contribution in [-0.4, -0.2) is 4.98 Å². The van der Waals surface area contributed by atoms with E-state index in [2.05, 4.69) is 10.3 Å². The fraction of sp³-hybridized carbons (Fsp3) is 0.0769. The van der Waals surface area contributed by atoms with E-state index in [1.807, 2.05) is 6.07 Å². The SMILES string of the molecule is N#Cc1cnc(Nc2cc(Cl)cc(C(F)(F)F)c2)c(N)c1. The highest BCUT2D eigenvalue weighted by atomic mass is 35.5. The normalized spacial score (nSPS) is 11.0. The Hall–Kier alpha value is -2.46. The van der Waals surface area contributed by atoms with E-state index >= 15 is 0 Å². The molecule has 0 saturated heterocycles. The summed E-state index contributed by atoms with van der Waals surface area (Å²) < 4.78 is 38.1. The lowest BCUT2D eigenvalue weighted by molar-refractivity contribution is -0.137. The summed E-state index contributed by atoms with van der Waals surface area (Å²) in [6, 6.07) is 6.25. The Morgan fingerprint density at radius 2 is 1.95 bits per heavy atom. The van der Waals surface area contributed by atoms with Crippen LogP contribution in [0.5, 0.6) is 0 Å². The van der Waals surface area contributed by atoms with Crippen molar-refractivity contribution in [3.63, 3.8) is 0 Å². The van der Waals surface area contributed by atoms with Crippen molar-refractivity contribution in [3.05, 3.63) is 46.6 Å². The number of rotatable bonds is 2. The molecular weight excluding hydrogens is 305 g/mol. The summed E-state index contributed by atoms with van der Waals surface area (Å²) >= 11 is 5.68. The Labute approximate surface area is 123 Å². The molecule has 0 aliphatic carbocycles. The van der Waals surface area contributed by atoms with Gasteiger partial charge in [0.05, 0.1) is 16.8 Å². The van der Waals surface area contributed by atoms with Gasteiger partial charge in [0.15, 0.2) is 5.82 Å². The zero-order chi connectivity index (χ0) is 15.6. The number of nitrogens with one attached hydrogen (secondary N) is 1. The molecule has 2 rings (SSSR count). The summed E-state index contributed by atoms with van der Waals surface area (Å²) in [5, 5.41) is 11.3. The van der Waals surface area contributed by atoms with Crippen LogP contribution in [0.15, 0.2) is 30.5 Å². The number of pyridine rings is 1. The lowest BCUT2D eigenvalue weighted by Gasteiger charge is -2.12. The zero-order valence-corrected chi connectivity index (χ0v) is 11.1. The highest BCUT2D eigenvalue weighted by Crippen LogP contribution is 2.34. The standard InChI is InChI=1S/C13H8ClF3N4/c14-9-2-8(13(15,16)17)3-10(4-9)21-12-11(19)1-7(5-18)6-20-12/h1-4,6H,19H2,(H,20,21). The van der Waals surface area contributed by atoms with Crippen LogP contribution in [0.1, 0.15) is 11.1 Å². The second kappa shape index (κ2) is 5.50. The topological polar surface area (TPSA) is 74.7 Å². The fourth-order valence-corrected chi connectivity index (χ4v) is 1.84.